The summed E-state index contributed by atoms with van der Waals surface area (Å²) in [5.74, 6) is 14.2. The zero-order valence-electron chi connectivity index (χ0n) is 82.9. The Hall–Kier alpha value is -10.4. The van der Waals surface area contributed by atoms with Crippen molar-refractivity contribution in [3.8, 4) is 23.0 Å². The highest BCUT2D eigenvalue weighted by Crippen LogP contribution is 2.63. The molecule has 16 fully saturated rings. The molecule has 728 valence electrons. The van der Waals surface area contributed by atoms with Crippen LogP contribution in [0.1, 0.15) is 171 Å². The third-order valence-electron chi connectivity index (χ3n) is 34.2. The van der Waals surface area contributed by atoms with E-state index in [1.807, 2.05) is 18.2 Å². The predicted molar refractivity (Wildman–Crippen MR) is 563 cm³/mol. The van der Waals surface area contributed by atoms with Crippen molar-refractivity contribution in [3.05, 3.63) is 338 Å². The van der Waals surface area contributed by atoms with E-state index in [9.17, 15) is 14.4 Å². The third kappa shape index (κ3) is 21.5. The molecule has 0 amide bonds. The standard InChI is InChI=1S/C33H37O3S.C32H35O3S.C31H33O3S.C30H33O2S/c1-22-14-30(37(28-10-6-4-7-11-28)29-12-8-5-9-13-29)15-23(2)32(22)35-21-31(34)36-33(3)26-17-24-16-25(19-26)20-27(33)18-24;1-22-15-27(13-14-30(22)36(28-9-5-3-6-10-28)29-11-7-4-8-12-29)34-21-31(33)35-32(2)25-17-23-16-24(19-25)20-26(32)18-23;1-31(24-17-22-16-23(19-24)20-25(31)18-22)34-30(32)21-33-26-12-14-29(15-13-26)35(27-8-4-2-5-9-27)28-10-6-3-7-11-28;1-21-14-26(31-20-32-30-24-16-22-15-23(18-24)19-25(30)17-22)12-13-29(21)33(27-8-4-2-5-9-27)28-10-6-3-7-11-28/h4-15,24-27H,16-21H2,1-3H3;3-15,23-26H,16-21H2,1-2H3;2-15,22-25H,16-21H2,1H3;2-14,22-25,30H,15-20H2,1H3/q4*+1. The van der Waals surface area contributed by atoms with E-state index in [2.05, 4.69) is 346 Å². The smallest absolute Gasteiger partial charge is 0.344 e. The largest absolute Gasteiger partial charge is 0.482 e. The molecule has 12 aromatic carbocycles. The zero-order chi connectivity index (χ0) is 96.3. The summed E-state index contributed by atoms with van der Waals surface area (Å²) in [4.78, 5) is 54.2. The van der Waals surface area contributed by atoms with Crippen LogP contribution < -0.4 is 18.9 Å². The molecule has 16 saturated carbocycles. The van der Waals surface area contributed by atoms with Gasteiger partial charge >= 0.3 is 17.9 Å². The molecule has 0 aromatic heterocycles. The van der Waals surface area contributed by atoms with E-state index >= 15 is 0 Å². The first-order valence-corrected chi connectivity index (χ1v) is 57.2. The summed E-state index contributed by atoms with van der Waals surface area (Å²) in [5.41, 5.74) is 3.58. The Morgan fingerprint density at radius 3 is 0.780 bits per heavy atom. The molecule has 16 bridgehead atoms. The van der Waals surface area contributed by atoms with Gasteiger partial charge in [0.15, 0.2) is 85.4 Å². The Morgan fingerprint density at radius 2 is 0.489 bits per heavy atom. The third-order valence-corrected chi connectivity index (χ3v) is 43.4. The van der Waals surface area contributed by atoms with Gasteiger partial charge in [-0.25, -0.2) is 14.4 Å². The summed E-state index contributed by atoms with van der Waals surface area (Å²) in [6, 6.07) is 111. The highest BCUT2D eigenvalue weighted by atomic mass is 32.2. The van der Waals surface area contributed by atoms with E-state index in [-0.39, 0.29) is 98.1 Å². The highest BCUT2D eigenvalue weighted by molar-refractivity contribution is 7.98. The van der Waals surface area contributed by atoms with Gasteiger partial charge in [-0.15, -0.1) is 0 Å². The van der Waals surface area contributed by atoms with Crippen LogP contribution in [0.3, 0.4) is 0 Å². The van der Waals surface area contributed by atoms with Crippen molar-refractivity contribution in [2.45, 2.75) is 259 Å². The lowest BCUT2D eigenvalue weighted by molar-refractivity contribution is -0.205. The second-order valence-electron chi connectivity index (χ2n) is 43.5. The van der Waals surface area contributed by atoms with E-state index in [1.54, 1.807) is 0 Å². The minimum Gasteiger partial charge on any atom is -0.482 e. The Morgan fingerprint density at radius 1 is 0.248 bits per heavy atom. The van der Waals surface area contributed by atoms with Crippen LogP contribution in [0.2, 0.25) is 0 Å². The molecular weight excluding hydrogens is 1820 g/mol. The molecular formula is C126H138O11S4+4. The summed E-state index contributed by atoms with van der Waals surface area (Å²) < 4.78 is 49.0. The molecule has 0 N–H and O–H groups in total. The SMILES string of the molecule is CC1(OC(=O)COc2ccc([S+](c3ccccc3)c3ccccc3)cc2)C2CC3CC(C2)CC1C3.Cc1cc(OCC(=O)OC2(C)C3CC4CC(C3)CC2C4)ccc1[S+](c1ccccc1)c1ccccc1.Cc1cc(OCOC2C3CC4CC(C3)CC2C4)ccc1[S+](c1ccccc1)c1ccccc1.Cc1cc([S+](c2ccccc2)c2ccccc2)cc(C)c1OCC(=O)OC1(C)C2CC3CC(C2)CC1C3. The van der Waals surface area contributed by atoms with Crippen LogP contribution in [-0.2, 0) is 76.9 Å². The molecule has 12 aromatic rings. The number of aryl methyl sites for hydroxylation is 4. The van der Waals surface area contributed by atoms with Gasteiger partial charge in [-0.2, -0.15) is 0 Å². The maximum absolute atomic E-state index is 13.0. The number of ether oxygens (including phenoxy) is 8. The number of hydrogen-bond donors (Lipinski definition) is 0. The Balaban J connectivity index is 0.000000111. The van der Waals surface area contributed by atoms with Crippen LogP contribution in [0.25, 0.3) is 0 Å². The fourth-order valence-corrected chi connectivity index (χ4v) is 37.1. The molecule has 16 aliphatic rings. The second kappa shape index (κ2) is 42.9. The fraction of sp³-hybridized carbons (Fsp3) is 0.405. The van der Waals surface area contributed by atoms with E-state index in [0.29, 0.717) is 59.9 Å². The summed E-state index contributed by atoms with van der Waals surface area (Å²) in [6.45, 7) is 15.3. The first-order valence-electron chi connectivity index (χ1n) is 52.3. The summed E-state index contributed by atoms with van der Waals surface area (Å²) in [7, 11) is -0.752. The van der Waals surface area contributed by atoms with E-state index in [0.717, 1.165) is 87.4 Å². The number of benzene rings is 12. The van der Waals surface area contributed by atoms with Crippen molar-refractivity contribution >= 4 is 61.5 Å². The normalized spacial score (nSPS) is 28.2. The van der Waals surface area contributed by atoms with Crippen LogP contribution in [0.15, 0.2) is 374 Å². The van der Waals surface area contributed by atoms with Crippen molar-refractivity contribution in [1.29, 1.82) is 0 Å². The van der Waals surface area contributed by atoms with Crippen molar-refractivity contribution in [2.75, 3.05) is 26.6 Å². The maximum atomic E-state index is 13.0. The van der Waals surface area contributed by atoms with Crippen LogP contribution in [-0.4, -0.2) is 67.4 Å². The molecule has 0 heterocycles. The number of carbonyl (C=O) groups excluding carboxylic acids is 3. The van der Waals surface area contributed by atoms with Gasteiger partial charge in [0.05, 0.1) is 49.7 Å². The summed E-state index contributed by atoms with van der Waals surface area (Å²) in [5, 5.41) is 0. The molecule has 0 radical (unpaired) electrons. The number of rotatable bonds is 28. The van der Waals surface area contributed by atoms with E-state index in [4.69, 9.17) is 37.9 Å². The lowest BCUT2D eigenvalue weighted by atomic mass is 9.50. The molecule has 28 rings (SSSR count). The summed E-state index contributed by atoms with van der Waals surface area (Å²) >= 11 is 0. The molecule has 0 unspecified atom stereocenters. The quantitative estimate of drug-likeness (QED) is 0.0201. The van der Waals surface area contributed by atoms with Crippen LogP contribution >= 0.6 is 0 Å². The average Bonchev–Trinajstić information content (AvgIpc) is 0.737. The molecule has 141 heavy (non-hydrogen) atoms. The molecule has 0 aliphatic heterocycles. The average molecular weight is 1960 g/mol. The van der Waals surface area contributed by atoms with Crippen molar-refractivity contribution < 1.29 is 52.3 Å². The Bertz CT molecular complexity index is 5960. The van der Waals surface area contributed by atoms with Gasteiger partial charge in [-0.1, -0.05) is 146 Å². The minimum absolute atomic E-state index is 0.0357. The lowest BCUT2D eigenvalue weighted by Crippen LogP contribution is -2.58. The highest BCUT2D eigenvalue weighted by Gasteiger charge is 2.61. The van der Waals surface area contributed by atoms with Gasteiger partial charge in [-0.3, -0.25) is 0 Å². The molecule has 0 saturated heterocycles. The zero-order valence-corrected chi connectivity index (χ0v) is 86.2. The van der Waals surface area contributed by atoms with Crippen molar-refractivity contribution in [2.24, 2.45) is 94.7 Å². The van der Waals surface area contributed by atoms with E-state index < -0.39 is 0 Å². The van der Waals surface area contributed by atoms with Crippen LogP contribution in [0.4, 0.5) is 0 Å². The topological polar surface area (TPSA) is 125 Å². The van der Waals surface area contributed by atoms with Gasteiger partial charge in [-0.05, 0) is 440 Å². The number of hydrogen-bond acceptors (Lipinski definition) is 11. The van der Waals surface area contributed by atoms with Crippen molar-refractivity contribution in [3.63, 3.8) is 0 Å². The monoisotopic (exact) mass is 1950 g/mol. The van der Waals surface area contributed by atoms with Crippen LogP contribution in [0.5, 0.6) is 23.0 Å². The van der Waals surface area contributed by atoms with Gasteiger partial charge < -0.3 is 37.9 Å². The molecule has 0 atom stereocenters. The molecule has 15 heteroatoms. The van der Waals surface area contributed by atoms with Gasteiger partial charge in [0, 0.05) is 23.3 Å². The second-order valence-corrected chi connectivity index (χ2v) is 51.6. The van der Waals surface area contributed by atoms with Gasteiger partial charge in [0.1, 0.15) is 39.8 Å². The molecule has 0 spiro atoms. The Kier molecular flexibility index (Phi) is 29.4. The van der Waals surface area contributed by atoms with Gasteiger partial charge in [0.2, 0.25) is 0 Å². The summed E-state index contributed by atoms with van der Waals surface area (Å²) in [6.07, 6.45) is 26.3. The molecule has 11 nitrogen and oxygen atoms in total. The van der Waals surface area contributed by atoms with Gasteiger partial charge in [0.25, 0.3) is 0 Å². The predicted octanol–water partition coefficient (Wildman–Crippen LogP) is 28.9. The molecule has 16 aliphatic carbocycles. The lowest BCUT2D eigenvalue weighted by Gasteiger charge is -2.59. The fourth-order valence-electron chi connectivity index (χ4n) is 28.3. The van der Waals surface area contributed by atoms with Crippen molar-refractivity contribution in [1.82, 2.24) is 0 Å². The Labute approximate surface area is 847 Å². The first kappa shape index (κ1) is 96.7. The van der Waals surface area contributed by atoms with Crippen LogP contribution in [0, 0.1) is 122 Å². The van der Waals surface area contributed by atoms with E-state index in [1.165, 1.54) is 193 Å². The number of carbonyl (C=O) groups is 3. The number of esters is 3. The minimum atomic E-state index is -0.318. The first-order chi connectivity index (χ1) is 68.7. The maximum Gasteiger partial charge on any atom is 0.344 e.